The van der Waals surface area contributed by atoms with E-state index < -0.39 is 0 Å². The molecule has 0 N–H and O–H groups in total. The molecule has 2 aliphatic rings. The SMILES string of the molecule is Cc1cc2c(cc1Cc1ccc(C(=O)N(C)C3CCCC3)o1)C(C)(C)CCC2(C)C. The third-order valence-electron chi connectivity index (χ3n) is 7.74. The van der Waals surface area contributed by atoms with Gasteiger partial charge in [0.05, 0.1) is 0 Å². The fourth-order valence-electron chi connectivity index (χ4n) is 5.36. The number of furan rings is 1. The molecule has 0 unspecified atom stereocenters. The normalized spacial score (nSPS) is 20.2. The predicted octanol–water partition coefficient (Wildman–Crippen LogP) is 6.54. The van der Waals surface area contributed by atoms with E-state index in [1.807, 2.05) is 24.1 Å². The average molecular weight is 408 g/mol. The predicted molar refractivity (Wildman–Crippen MR) is 122 cm³/mol. The lowest BCUT2D eigenvalue weighted by Gasteiger charge is -2.42. The molecule has 1 aromatic carbocycles. The number of carbonyl (C=O) groups excluding carboxylic acids is 1. The van der Waals surface area contributed by atoms with Crippen molar-refractivity contribution in [1.29, 1.82) is 0 Å². The fourth-order valence-corrected chi connectivity index (χ4v) is 5.36. The Labute approximate surface area is 181 Å². The smallest absolute Gasteiger partial charge is 0.289 e. The maximum Gasteiger partial charge on any atom is 0.289 e. The van der Waals surface area contributed by atoms with Crippen LogP contribution in [0.1, 0.15) is 105 Å². The van der Waals surface area contributed by atoms with Crippen molar-refractivity contribution in [2.45, 2.75) is 96.4 Å². The highest BCUT2D eigenvalue weighted by Crippen LogP contribution is 2.46. The Morgan fingerprint density at radius 3 is 2.27 bits per heavy atom. The number of hydrogen-bond acceptors (Lipinski definition) is 2. The molecular formula is C27H37NO2. The molecule has 0 radical (unpaired) electrons. The number of amides is 1. The quantitative estimate of drug-likeness (QED) is 0.576. The maximum absolute atomic E-state index is 12.8. The third-order valence-corrected chi connectivity index (χ3v) is 7.74. The van der Waals surface area contributed by atoms with E-state index in [9.17, 15) is 4.79 Å². The van der Waals surface area contributed by atoms with Crippen LogP contribution >= 0.6 is 0 Å². The van der Waals surface area contributed by atoms with Crippen molar-refractivity contribution in [2.24, 2.45) is 0 Å². The van der Waals surface area contributed by atoms with Gasteiger partial charge in [-0.2, -0.15) is 0 Å². The highest BCUT2D eigenvalue weighted by molar-refractivity contribution is 5.91. The number of hydrogen-bond donors (Lipinski definition) is 0. The molecule has 3 nitrogen and oxygen atoms in total. The van der Waals surface area contributed by atoms with Gasteiger partial charge in [0.2, 0.25) is 0 Å². The molecule has 4 rings (SSSR count). The standard InChI is InChI=1S/C27H37NO2/c1-18-15-22-23(27(4,5)14-13-26(22,2)3)17-19(18)16-21-11-12-24(30-21)25(29)28(6)20-9-7-8-10-20/h11-12,15,17,20H,7-10,13-14,16H2,1-6H3. The molecular weight excluding hydrogens is 370 g/mol. The molecule has 162 valence electrons. The van der Waals surface area contributed by atoms with Gasteiger partial charge in [-0.15, -0.1) is 0 Å². The zero-order chi connectivity index (χ0) is 21.7. The number of carbonyl (C=O) groups is 1. The molecule has 0 spiro atoms. The minimum absolute atomic E-state index is 0.0122. The Balaban J connectivity index is 1.58. The van der Waals surface area contributed by atoms with E-state index in [2.05, 4.69) is 46.8 Å². The van der Waals surface area contributed by atoms with Crippen LogP contribution in [-0.2, 0) is 17.3 Å². The van der Waals surface area contributed by atoms with Crippen LogP contribution in [0.5, 0.6) is 0 Å². The molecule has 1 fully saturated rings. The molecule has 0 aliphatic heterocycles. The van der Waals surface area contributed by atoms with Crippen molar-refractivity contribution < 1.29 is 9.21 Å². The van der Waals surface area contributed by atoms with Crippen LogP contribution < -0.4 is 0 Å². The van der Waals surface area contributed by atoms with Gasteiger partial charge in [-0.3, -0.25) is 4.79 Å². The second-order valence-electron chi connectivity index (χ2n) is 10.9. The lowest BCUT2D eigenvalue weighted by molar-refractivity contribution is 0.0701. The molecule has 1 saturated carbocycles. The van der Waals surface area contributed by atoms with Crippen LogP contribution in [0.15, 0.2) is 28.7 Å². The largest absolute Gasteiger partial charge is 0.456 e. The van der Waals surface area contributed by atoms with Gasteiger partial charge < -0.3 is 9.32 Å². The summed E-state index contributed by atoms with van der Waals surface area (Å²) in [4.78, 5) is 14.7. The van der Waals surface area contributed by atoms with Gasteiger partial charge in [0.1, 0.15) is 5.76 Å². The lowest BCUT2D eigenvalue weighted by atomic mass is 9.62. The first-order valence-electron chi connectivity index (χ1n) is 11.6. The molecule has 0 saturated heterocycles. The molecule has 1 aromatic heterocycles. The van der Waals surface area contributed by atoms with Crippen molar-refractivity contribution >= 4 is 5.91 Å². The minimum Gasteiger partial charge on any atom is -0.456 e. The van der Waals surface area contributed by atoms with Gasteiger partial charge in [-0.25, -0.2) is 0 Å². The van der Waals surface area contributed by atoms with Gasteiger partial charge in [0.25, 0.3) is 5.91 Å². The molecule has 1 heterocycles. The van der Waals surface area contributed by atoms with E-state index in [-0.39, 0.29) is 16.7 Å². The van der Waals surface area contributed by atoms with Gasteiger partial charge in [-0.1, -0.05) is 52.7 Å². The number of nitrogens with zero attached hydrogens (tertiary/aromatic N) is 1. The first-order valence-corrected chi connectivity index (χ1v) is 11.6. The Morgan fingerprint density at radius 2 is 1.63 bits per heavy atom. The summed E-state index contributed by atoms with van der Waals surface area (Å²) in [6.45, 7) is 11.7. The van der Waals surface area contributed by atoms with Crippen LogP contribution in [0.25, 0.3) is 0 Å². The summed E-state index contributed by atoms with van der Waals surface area (Å²) >= 11 is 0. The van der Waals surface area contributed by atoms with E-state index in [4.69, 9.17) is 4.42 Å². The van der Waals surface area contributed by atoms with E-state index in [1.54, 1.807) is 0 Å². The van der Waals surface area contributed by atoms with Gasteiger partial charge in [0.15, 0.2) is 5.76 Å². The number of aryl methyl sites for hydroxylation is 1. The summed E-state index contributed by atoms with van der Waals surface area (Å²) in [6, 6.07) is 8.99. The van der Waals surface area contributed by atoms with Gasteiger partial charge >= 0.3 is 0 Å². The average Bonchev–Trinajstić information content (AvgIpc) is 3.38. The van der Waals surface area contributed by atoms with Crippen LogP contribution in [0.4, 0.5) is 0 Å². The van der Waals surface area contributed by atoms with Crippen molar-refractivity contribution in [1.82, 2.24) is 4.90 Å². The van der Waals surface area contributed by atoms with Crippen molar-refractivity contribution in [3.05, 3.63) is 58.0 Å². The summed E-state index contributed by atoms with van der Waals surface area (Å²) in [6.07, 6.45) is 7.82. The van der Waals surface area contributed by atoms with Crippen LogP contribution in [0.2, 0.25) is 0 Å². The number of benzene rings is 1. The van der Waals surface area contributed by atoms with Crippen molar-refractivity contribution in [3.63, 3.8) is 0 Å². The van der Waals surface area contributed by atoms with Crippen molar-refractivity contribution in [2.75, 3.05) is 7.05 Å². The zero-order valence-electron chi connectivity index (χ0n) is 19.6. The summed E-state index contributed by atoms with van der Waals surface area (Å²) in [7, 11) is 1.91. The minimum atomic E-state index is 0.0122. The Morgan fingerprint density at radius 1 is 1.03 bits per heavy atom. The second-order valence-corrected chi connectivity index (χ2v) is 10.9. The van der Waals surface area contributed by atoms with E-state index in [0.29, 0.717) is 11.8 Å². The molecule has 30 heavy (non-hydrogen) atoms. The van der Waals surface area contributed by atoms with Crippen molar-refractivity contribution in [3.8, 4) is 0 Å². The van der Waals surface area contributed by atoms with Gasteiger partial charge in [-0.05, 0) is 77.8 Å². The molecule has 2 aromatic rings. The van der Waals surface area contributed by atoms with E-state index in [1.165, 1.54) is 47.9 Å². The second kappa shape index (κ2) is 7.59. The number of fused-ring (bicyclic) bond motifs is 1. The Hall–Kier alpha value is -2.03. The summed E-state index contributed by atoms with van der Waals surface area (Å²) in [5.74, 6) is 1.35. The maximum atomic E-state index is 12.8. The van der Waals surface area contributed by atoms with E-state index >= 15 is 0 Å². The highest BCUT2D eigenvalue weighted by atomic mass is 16.4. The van der Waals surface area contributed by atoms with E-state index in [0.717, 1.165) is 25.0 Å². The monoisotopic (exact) mass is 407 g/mol. The summed E-state index contributed by atoms with van der Waals surface area (Å²) < 4.78 is 6.03. The first-order chi connectivity index (χ1) is 14.1. The number of rotatable bonds is 4. The van der Waals surface area contributed by atoms with Crippen LogP contribution in [0.3, 0.4) is 0 Å². The van der Waals surface area contributed by atoms with Gasteiger partial charge in [0, 0.05) is 19.5 Å². The Kier molecular flexibility index (Phi) is 5.36. The third kappa shape index (κ3) is 3.84. The highest BCUT2D eigenvalue weighted by Gasteiger charge is 2.37. The van der Waals surface area contributed by atoms with Crippen LogP contribution in [0, 0.1) is 6.92 Å². The molecule has 0 atom stereocenters. The fraction of sp³-hybridized carbons (Fsp3) is 0.593. The first kappa shape index (κ1) is 21.2. The summed E-state index contributed by atoms with van der Waals surface area (Å²) in [5, 5.41) is 0. The molecule has 1 amide bonds. The zero-order valence-corrected chi connectivity index (χ0v) is 19.6. The molecule has 2 aliphatic carbocycles. The lowest BCUT2D eigenvalue weighted by Crippen LogP contribution is -2.34. The topological polar surface area (TPSA) is 33.5 Å². The Bertz CT molecular complexity index is 944. The van der Waals surface area contributed by atoms with Crippen LogP contribution in [-0.4, -0.2) is 23.9 Å². The molecule has 0 bridgehead atoms. The summed E-state index contributed by atoms with van der Waals surface area (Å²) in [5.41, 5.74) is 6.01. The molecule has 3 heteroatoms.